The van der Waals surface area contributed by atoms with Gasteiger partial charge in [0.15, 0.2) is 6.10 Å². The molecular weight excluding hydrogens is 232 g/mol. The molecule has 92 valence electrons. The molecule has 0 aromatic heterocycles. The Hall–Kier alpha value is -2.23. The van der Waals surface area contributed by atoms with Crippen LogP contribution >= 0.6 is 0 Å². The van der Waals surface area contributed by atoms with E-state index in [1.807, 2.05) is 18.2 Å². The second-order valence-electron chi connectivity index (χ2n) is 3.65. The molecule has 18 heavy (non-hydrogen) atoms. The number of nitrogens with zero attached hydrogens (tertiary/aromatic N) is 1. The van der Waals surface area contributed by atoms with Gasteiger partial charge in [0.2, 0.25) is 0 Å². The van der Waals surface area contributed by atoms with E-state index in [-0.39, 0.29) is 5.57 Å². The van der Waals surface area contributed by atoms with Crippen molar-refractivity contribution in [1.82, 2.24) is 5.43 Å². The number of hydrogen-bond donors (Lipinski definition) is 1. The molecule has 0 saturated carbocycles. The molecule has 1 aliphatic rings. The monoisotopic (exact) mass is 244 g/mol. The Morgan fingerprint density at radius 2 is 2.11 bits per heavy atom. The third-order valence-electron chi connectivity index (χ3n) is 2.52. The zero-order valence-corrected chi connectivity index (χ0v) is 9.84. The van der Waals surface area contributed by atoms with Gasteiger partial charge in [-0.1, -0.05) is 30.3 Å². The van der Waals surface area contributed by atoms with Crippen molar-refractivity contribution in [2.75, 3.05) is 6.61 Å². The Kier molecular flexibility index (Phi) is 3.67. The van der Waals surface area contributed by atoms with Gasteiger partial charge in [0.25, 0.3) is 5.91 Å². The predicted octanol–water partition coefficient (Wildman–Crippen LogP) is 0.684. The third-order valence-corrected chi connectivity index (χ3v) is 2.52. The summed E-state index contributed by atoms with van der Waals surface area (Å²) in [4.78, 5) is 22.7. The molecule has 0 radical (unpaired) electrons. The minimum absolute atomic E-state index is 0.131. The molecule has 1 N–H and O–H groups in total. The van der Waals surface area contributed by atoms with E-state index >= 15 is 0 Å². The predicted molar refractivity (Wildman–Crippen MR) is 65.7 cm³/mol. The van der Waals surface area contributed by atoms with Crippen molar-refractivity contribution in [2.24, 2.45) is 5.10 Å². The van der Waals surface area contributed by atoms with Gasteiger partial charge >= 0.3 is 0 Å². The summed E-state index contributed by atoms with van der Waals surface area (Å²) in [5, 5.41) is 3.90. The maximum Gasteiger partial charge on any atom is 0.274 e. The van der Waals surface area contributed by atoms with E-state index in [2.05, 4.69) is 10.5 Å². The fraction of sp³-hybridized carbons (Fsp3) is 0.231. The fourth-order valence-electron chi connectivity index (χ4n) is 1.73. The van der Waals surface area contributed by atoms with E-state index in [1.165, 1.54) is 0 Å². The van der Waals surface area contributed by atoms with Crippen LogP contribution in [0.4, 0.5) is 0 Å². The summed E-state index contributed by atoms with van der Waals surface area (Å²) in [6.07, 6.45) is -0.944. The molecule has 1 atom stereocenters. The quantitative estimate of drug-likeness (QED) is 0.795. The zero-order chi connectivity index (χ0) is 13.0. The summed E-state index contributed by atoms with van der Waals surface area (Å²) < 4.78 is 5.26. The number of carbonyl (C=O) groups is 1. The lowest BCUT2D eigenvalue weighted by molar-refractivity contribution is -0.130. The highest BCUT2D eigenvalue weighted by atomic mass is 16.5. The highest BCUT2D eigenvalue weighted by molar-refractivity contribution is 6.21. The normalized spacial score (nSPS) is 18.9. The van der Waals surface area contributed by atoms with E-state index in [0.717, 1.165) is 5.56 Å². The molecule has 0 spiro atoms. The summed E-state index contributed by atoms with van der Waals surface area (Å²) >= 11 is 0. The van der Waals surface area contributed by atoms with Gasteiger partial charge in [0.05, 0.1) is 0 Å². The minimum Gasteiger partial charge on any atom is -0.363 e. The van der Waals surface area contributed by atoms with E-state index in [1.54, 1.807) is 25.0 Å². The second-order valence-corrected chi connectivity index (χ2v) is 3.65. The SMILES string of the molecule is CCOC1C(=O)NN=C(c2ccccc2)C1=C=O. The molecule has 1 aromatic carbocycles. The smallest absolute Gasteiger partial charge is 0.274 e. The van der Waals surface area contributed by atoms with Gasteiger partial charge in [-0.15, -0.1) is 0 Å². The Morgan fingerprint density at radius 1 is 1.39 bits per heavy atom. The molecule has 1 aromatic rings. The van der Waals surface area contributed by atoms with Crippen LogP contribution in [0.3, 0.4) is 0 Å². The molecule has 2 rings (SSSR count). The second kappa shape index (κ2) is 5.40. The molecule has 1 unspecified atom stereocenters. The van der Waals surface area contributed by atoms with Crippen LogP contribution in [0.2, 0.25) is 0 Å². The fourth-order valence-corrected chi connectivity index (χ4v) is 1.73. The number of amides is 1. The maximum absolute atomic E-state index is 11.6. The first-order valence-electron chi connectivity index (χ1n) is 5.57. The molecule has 0 aliphatic carbocycles. The van der Waals surface area contributed by atoms with Gasteiger partial charge in [-0.05, 0) is 6.92 Å². The van der Waals surface area contributed by atoms with Gasteiger partial charge in [-0.3, -0.25) is 4.79 Å². The first-order valence-corrected chi connectivity index (χ1v) is 5.57. The summed E-state index contributed by atoms with van der Waals surface area (Å²) in [5.74, 6) is 1.32. The van der Waals surface area contributed by atoms with E-state index in [4.69, 9.17) is 4.74 Å². The van der Waals surface area contributed by atoms with Crippen LogP contribution in [0, 0.1) is 0 Å². The Balaban J connectivity index is 2.43. The van der Waals surface area contributed by atoms with Crippen LogP contribution < -0.4 is 5.43 Å². The van der Waals surface area contributed by atoms with E-state index in [0.29, 0.717) is 12.3 Å². The first kappa shape index (κ1) is 12.2. The molecule has 0 saturated heterocycles. The highest BCUT2D eigenvalue weighted by Crippen LogP contribution is 2.16. The van der Waals surface area contributed by atoms with Crippen molar-refractivity contribution in [2.45, 2.75) is 13.0 Å². The zero-order valence-electron chi connectivity index (χ0n) is 9.84. The summed E-state index contributed by atoms with van der Waals surface area (Å²) in [6.45, 7) is 2.08. The maximum atomic E-state index is 11.6. The summed E-state index contributed by atoms with van der Waals surface area (Å²) in [5.41, 5.74) is 3.61. The van der Waals surface area contributed by atoms with Gasteiger partial charge in [-0.2, -0.15) is 5.10 Å². The van der Waals surface area contributed by atoms with Crippen molar-refractivity contribution in [3.8, 4) is 0 Å². The number of carbonyl (C=O) groups excluding carboxylic acids is 2. The molecule has 0 bridgehead atoms. The third kappa shape index (κ3) is 2.22. The molecule has 1 aliphatic heterocycles. The average molecular weight is 244 g/mol. The lowest BCUT2D eigenvalue weighted by Gasteiger charge is -2.22. The van der Waals surface area contributed by atoms with E-state index < -0.39 is 12.0 Å². The topological polar surface area (TPSA) is 67.8 Å². The molecule has 5 heteroatoms. The largest absolute Gasteiger partial charge is 0.363 e. The van der Waals surface area contributed by atoms with Crippen molar-refractivity contribution < 1.29 is 14.3 Å². The van der Waals surface area contributed by atoms with Gasteiger partial charge < -0.3 is 4.74 Å². The average Bonchev–Trinajstić information content (AvgIpc) is 2.42. The number of hydrazone groups is 1. The van der Waals surface area contributed by atoms with Gasteiger partial charge in [0.1, 0.15) is 17.2 Å². The van der Waals surface area contributed by atoms with Gasteiger partial charge in [-0.25, -0.2) is 10.2 Å². The molecule has 1 amide bonds. The molecule has 5 nitrogen and oxygen atoms in total. The standard InChI is InChI=1S/C13H12N2O3/c1-2-18-12-10(8-16)11(14-15-13(12)17)9-6-4-3-5-7-9/h3-7,12H,2H2,1H3,(H,15,17). The lowest BCUT2D eigenvalue weighted by Crippen LogP contribution is -2.43. The Labute approximate surface area is 104 Å². The molecular formula is C13H12N2O3. The number of rotatable bonds is 3. The Morgan fingerprint density at radius 3 is 2.72 bits per heavy atom. The van der Waals surface area contributed by atoms with E-state index in [9.17, 15) is 9.59 Å². The van der Waals surface area contributed by atoms with Crippen molar-refractivity contribution in [1.29, 1.82) is 0 Å². The van der Waals surface area contributed by atoms with Crippen LogP contribution in [0.1, 0.15) is 12.5 Å². The van der Waals surface area contributed by atoms with Crippen LogP contribution in [0.25, 0.3) is 0 Å². The number of nitrogens with one attached hydrogen (secondary N) is 1. The lowest BCUT2D eigenvalue weighted by atomic mass is 9.97. The van der Waals surface area contributed by atoms with Crippen molar-refractivity contribution in [3.05, 3.63) is 41.5 Å². The Bertz CT molecular complexity index is 530. The van der Waals surface area contributed by atoms with Crippen molar-refractivity contribution in [3.63, 3.8) is 0 Å². The number of benzene rings is 1. The summed E-state index contributed by atoms with van der Waals surface area (Å²) in [7, 11) is 0. The summed E-state index contributed by atoms with van der Waals surface area (Å²) in [6, 6.07) is 9.11. The number of ether oxygens (including phenoxy) is 1. The molecule has 0 fully saturated rings. The highest BCUT2D eigenvalue weighted by Gasteiger charge is 2.32. The first-order chi connectivity index (χ1) is 8.77. The minimum atomic E-state index is -0.944. The van der Waals surface area contributed by atoms with Gasteiger partial charge in [0, 0.05) is 12.2 Å². The van der Waals surface area contributed by atoms with Crippen LogP contribution in [0.5, 0.6) is 0 Å². The van der Waals surface area contributed by atoms with Crippen LogP contribution in [0.15, 0.2) is 41.0 Å². The van der Waals surface area contributed by atoms with Crippen LogP contribution in [-0.2, 0) is 14.3 Å². The van der Waals surface area contributed by atoms with Crippen molar-refractivity contribution >= 4 is 17.6 Å². The van der Waals surface area contributed by atoms with Crippen LogP contribution in [-0.4, -0.2) is 30.3 Å². The molecule has 1 heterocycles. The number of hydrogen-bond acceptors (Lipinski definition) is 4.